The van der Waals surface area contributed by atoms with Crippen molar-refractivity contribution in [3.05, 3.63) is 60.1 Å². The monoisotopic (exact) mass is 322 g/mol. The van der Waals surface area contributed by atoms with Crippen molar-refractivity contribution in [3.63, 3.8) is 0 Å². The smallest absolute Gasteiger partial charge is 0.153 e. The maximum Gasteiger partial charge on any atom is 0.153 e. The third-order valence-corrected chi connectivity index (χ3v) is 3.41. The Morgan fingerprint density at radius 1 is 1.33 bits per heavy atom. The summed E-state index contributed by atoms with van der Waals surface area (Å²) in [6.45, 7) is 0.271. The van der Waals surface area contributed by atoms with Crippen molar-refractivity contribution in [2.24, 2.45) is 0 Å². The lowest BCUT2D eigenvalue weighted by atomic mass is 10.2. The molecule has 24 heavy (non-hydrogen) atoms. The van der Waals surface area contributed by atoms with Gasteiger partial charge in [-0.1, -0.05) is 6.07 Å². The third-order valence-electron chi connectivity index (χ3n) is 3.41. The van der Waals surface area contributed by atoms with Crippen LogP contribution in [0.3, 0.4) is 0 Å². The highest BCUT2D eigenvalue weighted by Gasteiger charge is 2.18. The van der Waals surface area contributed by atoms with E-state index in [-0.39, 0.29) is 6.54 Å². The topological polar surface area (TPSA) is 70.6 Å². The van der Waals surface area contributed by atoms with Gasteiger partial charge in [0.15, 0.2) is 5.82 Å². The Kier molecular flexibility index (Phi) is 4.20. The molecule has 0 bridgehead atoms. The molecule has 0 saturated heterocycles. The summed E-state index contributed by atoms with van der Waals surface area (Å²) in [4.78, 5) is 6.20. The summed E-state index contributed by atoms with van der Waals surface area (Å²) in [5.74, 6) is 0.00855. The van der Waals surface area contributed by atoms with Gasteiger partial charge in [0, 0.05) is 26.5 Å². The first kappa shape index (κ1) is 15.6. The number of halogens is 1. The highest BCUT2D eigenvalue weighted by atomic mass is 19.1. The molecule has 0 unspecified atom stereocenters. The summed E-state index contributed by atoms with van der Waals surface area (Å²) in [6, 6.07) is 10.4. The van der Waals surface area contributed by atoms with Crippen LogP contribution in [0.4, 0.5) is 4.39 Å². The molecule has 7 heteroatoms. The number of rotatable bonds is 4. The molecule has 0 spiro atoms. The molecule has 120 valence electrons. The first-order valence-corrected chi connectivity index (χ1v) is 7.30. The van der Waals surface area contributed by atoms with Gasteiger partial charge in [-0.25, -0.2) is 9.37 Å². The van der Waals surface area contributed by atoms with Gasteiger partial charge < -0.3 is 9.47 Å². The van der Waals surface area contributed by atoms with Crippen molar-refractivity contribution in [3.8, 4) is 6.07 Å². The molecule has 1 aromatic carbocycles. The molecule has 0 atom stereocenters. The molecule has 0 amide bonds. The lowest BCUT2D eigenvalue weighted by molar-refractivity contribution is 0.565. The number of hydrogen-bond donors (Lipinski definition) is 0. The van der Waals surface area contributed by atoms with Crippen LogP contribution in [0.15, 0.2) is 42.7 Å². The first-order valence-electron chi connectivity index (χ1n) is 7.30. The summed E-state index contributed by atoms with van der Waals surface area (Å²) in [7, 11) is 3.63. The molecule has 0 aliphatic rings. The number of fused-ring (bicyclic) bond motifs is 1. The fourth-order valence-electron chi connectivity index (χ4n) is 2.48. The van der Waals surface area contributed by atoms with Crippen LogP contribution in [0.5, 0.6) is 0 Å². The number of allylic oxidation sites excluding steroid dienone is 1. The highest BCUT2D eigenvalue weighted by molar-refractivity contribution is 5.83. The van der Waals surface area contributed by atoms with E-state index in [0.29, 0.717) is 28.1 Å². The van der Waals surface area contributed by atoms with E-state index in [2.05, 4.69) is 21.3 Å². The van der Waals surface area contributed by atoms with Gasteiger partial charge in [0.25, 0.3) is 0 Å². The number of nitriles is 1. The summed E-state index contributed by atoms with van der Waals surface area (Å²) in [6.07, 6.45) is 3.23. The second-order valence-corrected chi connectivity index (χ2v) is 5.46. The Labute approximate surface area is 138 Å². The van der Waals surface area contributed by atoms with Gasteiger partial charge in [-0.15, -0.1) is 0 Å². The summed E-state index contributed by atoms with van der Waals surface area (Å²) < 4.78 is 16.0. The lowest BCUT2D eigenvalue weighted by Crippen LogP contribution is -2.09. The normalized spacial score (nSPS) is 11.5. The lowest BCUT2D eigenvalue weighted by Gasteiger charge is -2.10. The van der Waals surface area contributed by atoms with E-state index in [1.54, 1.807) is 46.1 Å². The number of imidazole rings is 1. The van der Waals surface area contributed by atoms with Gasteiger partial charge in [-0.3, -0.25) is 0 Å². The maximum absolute atomic E-state index is 14.4. The van der Waals surface area contributed by atoms with Gasteiger partial charge >= 0.3 is 0 Å². The zero-order chi connectivity index (χ0) is 17.1. The predicted molar refractivity (Wildman–Crippen MR) is 88.1 cm³/mol. The molecular weight excluding hydrogens is 307 g/mol. The van der Waals surface area contributed by atoms with E-state index in [9.17, 15) is 9.65 Å². The Morgan fingerprint density at radius 2 is 2.17 bits per heavy atom. The Balaban J connectivity index is 2.24. The van der Waals surface area contributed by atoms with Gasteiger partial charge in [0.1, 0.15) is 23.0 Å². The standard InChI is InChI=1S/C17H15FN6/c1-23(2)10-12(9-19)17-21-15-7-3-6-14(18)16(15)24(17)11-13-5-4-8-20-22-13/h3-8,10H,11H2,1-2H3. The number of hydrogen-bond acceptors (Lipinski definition) is 5. The second-order valence-electron chi connectivity index (χ2n) is 5.46. The van der Waals surface area contributed by atoms with Crippen LogP contribution in [-0.2, 0) is 6.54 Å². The van der Waals surface area contributed by atoms with Gasteiger partial charge in [0.05, 0.1) is 17.8 Å². The summed E-state index contributed by atoms with van der Waals surface area (Å²) in [5, 5.41) is 17.4. The SMILES string of the molecule is CN(C)C=C(C#N)c1nc2cccc(F)c2n1Cc1cccnn1. The average Bonchev–Trinajstić information content (AvgIpc) is 2.93. The molecule has 0 aliphatic heterocycles. The van der Waals surface area contributed by atoms with E-state index >= 15 is 0 Å². The summed E-state index contributed by atoms with van der Waals surface area (Å²) >= 11 is 0. The molecule has 2 heterocycles. The molecule has 3 aromatic rings. The van der Waals surface area contributed by atoms with E-state index in [4.69, 9.17) is 0 Å². The molecular formula is C17H15FN6. The van der Waals surface area contributed by atoms with Crippen LogP contribution in [0.25, 0.3) is 16.6 Å². The van der Waals surface area contributed by atoms with Crippen LogP contribution >= 0.6 is 0 Å². The maximum atomic E-state index is 14.4. The minimum Gasteiger partial charge on any atom is -0.382 e. The van der Waals surface area contributed by atoms with Crippen LogP contribution in [0.1, 0.15) is 11.5 Å². The van der Waals surface area contributed by atoms with Crippen molar-refractivity contribution >= 4 is 16.6 Å². The molecule has 0 saturated carbocycles. The zero-order valence-electron chi connectivity index (χ0n) is 13.3. The fraction of sp³-hybridized carbons (Fsp3) is 0.176. The number of para-hydroxylation sites is 1. The number of benzene rings is 1. The molecule has 2 aromatic heterocycles. The van der Waals surface area contributed by atoms with Gasteiger partial charge in [0.2, 0.25) is 0 Å². The number of nitrogens with zero attached hydrogens (tertiary/aromatic N) is 6. The van der Waals surface area contributed by atoms with Crippen LogP contribution in [0, 0.1) is 17.1 Å². The predicted octanol–water partition coefficient (Wildman–Crippen LogP) is 2.44. The van der Waals surface area contributed by atoms with Crippen LogP contribution in [0.2, 0.25) is 0 Å². The van der Waals surface area contributed by atoms with Crippen molar-refractivity contribution in [1.82, 2.24) is 24.6 Å². The molecule has 0 fully saturated rings. The largest absolute Gasteiger partial charge is 0.382 e. The molecule has 3 rings (SSSR count). The van der Waals surface area contributed by atoms with E-state index < -0.39 is 5.82 Å². The Morgan fingerprint density at radius 3 is 2.83 bits per heavy atom. The average molecular weight is 322 g/mol. The van der Waals surface area contributed by atoms with Crippen molar-refractivity contribution in [1.29, 1.82) is 5.26 Å². The van der Waals surface area contributed by atoms with Crippen LogP contribution < -0.4 is 0 Å². The Bertz CT molecular complexity index is 937. The first-order chi connectivity index (χ1) is 11.6. The highest BCUT2D eigenvalue weighted by Crippen LogP contribution is 2.24. The van der Waals surface area contributed by atoms with Crippen molar-refractivity contribution in [2.45, 2.75) is 6.54 Å². The van der Waals surface area contributed by atoms with Crippen LogP contribution in [-0.4, -0.2) is 38.7 Å². The minimum atomic E-state index is -0.391. The summed E-state index contributed by atoms with van der Waals surface area (Å²) in [5.41, 5.74) is 1.84. The fourth-order valence-corrected chi connectivity index (χ4v) is 2.48. The number of aromatic nitrogens is 4. The third kappa shape index (κ3) is 2.94. The van der Waals surface area contributed by atoms with Crippen molar-refractivity contribution < 1.29 is 4.39 Å². The van der Waals surface area contributed by atoms with E-state index in [0.717, 1.165) is 0 Å². The zero-order valence-corrected chi connectivity index (χ0v) is 13.3. The quantitative estimate of drug-likeness (QED) is 0.690. The van der Waals surface area contributed by atoms with E-state index in [1.807, 2.05) is 14.1 Å². The Hall–Kier alpha value is -3.27. The molecule has 6 nitrogen and oxygen atoms in total. The van der Waals surface area contributed by atoms with Crippen molar-refractivity contribution in [2.75, 3.05) is 14.1 Å². The minimum absolute atomic E-state index is 0.271. The van der Waals surface area contributed by atoms with Gasteiger partial charge in [-0.05, 0) is 24.3 Å². The molecule has 0 aliphatic carbocycles. The van der Waals surface area contributed by atoms with Gasteiger partial charge in [-0.2, -0.15) is 15.5 Å². The molecule has 0 N–H and O–H groups in total. The second kappa shape index (κ2) is 6.46. The molecule has 0 radical (unpaired) electrons. The van der Waals surface area contributed by atoms with E-state index in [1.165, 1.54) is 6.07 Å².